The Morgan fingerprint density at radius 2 is 2.26 bits per heavy atom. The largest absolute Gasteiger partial charge is 0.462 e. The van der Waals surface area contributed by atoms with Crippen LogP contribution in [0.1, 0.15) is 24.4 Å². The van der Waals surface area contributed by atoms with Crippen LogP contribution in [0, 0.1) is 18.8 Å². The van der Waals surface area contributed by atoms with Gasteiger partial charge in [-0.3, -0.25) is 4.79 Å². The van der Waals surface area contributed by atoms with Crippen LogP contribution in [0.4, 0.5) is 0 Å². The average molecular weight is 261 g/mol. The van der Waals surface area contributed by atoms with Gasteiger partial charge in [-0.25, -0.2) is 0 Å². The molecule has 3 unspecified atom stereocenters. The molecule has 0 radical (unpaired) electrons. The third-order valence-corrected chi connectivity index (χ3v) is 4.28. The normalized spacial score (nSPS) is 30.2. The van der Waals surface area contributed by atoms with Crippen LogP contribution in [0.2, 0.25) is 0 Å². The summed E-state index contributed by atoms with van der Waals surface area (Å²) in [5, 5.41) is 9.84. The number of rotatable bonds is 2. The number of furan rings is 1. The summed E-state index contributed by atoms with van der Waals surface area (Å²) in [6.45, 7) is 3.34. The number of nitrogens with zero attached hydrogens (tertiary/aromatic N) is 1. The monoisotopic (exact) mass is 261 g/mol. The minimum Gasteiger partial charge on any atom is -0.462 e. The second-order valence-electron chi connectivity index (χ2n) is 5.59. The molecule has 1 aliphatic carbocycles. The van der Waals surface area contributed by atoms with Crippen LogP contribution in [0.25, 0.3) is 6.08 Å². The molecule has 4 nitrogen and oxygen atoms in total. The Bertz CT molecular complexity index is 505. The first-order valence-corrected chi connectivity index (χ1v) is 6.85. The Labute approximate surface area is 112 Å². The second kappa shape index (κ2) is 4.85. The highest BCUT2D eigenvalue weighted by atomic mass is 16.3. The molecule has 1 aliphatic heterocycles. The molecule has 2 fully saturated rings. The summed E-state index contributed by atoms with van der Waals surface area (Å²) in [7, 11) is 0. The van der Waals surface area contributed by atoms with Crippen molar-refractivity contribution in [3.8, 4) is 0 Å². The Morgan fingerprint density at radius 1 is 1.42 bits per heavy atom. The van der Waals surface area contributed by atoms with Crippen molar-refractivity contribution in [1.29, 1.82) is 0 Å². The van der Waals surface area contributed by atoms with Gasteiger partial charge in [-0.2, -0.15) is 0 Å². The average Bonchev–Trinajstić information content (AvgIpc) is 3.05. The lowest BCUT2D eigenvalue weighted by Crippen LogP contribution is -2.29. The molecule has 1 aromatic rings. The molecule has 2 aliphatic rings. The van der Waals surface area contributed by atoms with E-state index in [1.54, 1.807) is 12.2 Å². The molecule has 1 amide bonds. The number of amides is 1. The quantitative estimate of drug-likeness (QED) is 0.826. The van der Waals surface area contributed by atoms with Crippen LogP contribution < -0.4 is 0 Å². The first-order valence-electron chi connectivity index (χ1n) is 6.85. The fourth-order valence-electron chi connectivity index (χ4n) is 3.22. The Kier molecular flexibility index (Phi) is 3.19. The van der Waals surface area contributed by atoms with E-state index in [-0.39, 0.29) is 17.9 Å². The van der Waals surface area contributed by atoms with Gasteiger partial charge >= 0.3 is 0 Å². The van der Waals surface area contributed by atoms with Gasteiger partial charge in [-0.05, 0) is 43.9 Å². The Balaban J connectivity index is 1.61. The summed E-state index contributed by atoms with van der Waals surface area (Å²) in [6, 6.07) is 3.72. The van der Waals surface area contributed by atoms with Crippen molar-refractivity contribution in [3.05, 3.63) is 29.7 Å². The molecular weight excluding hydrogens is 242 g/mol. The van der Waals surface area contributed by atoms with Gasteiger partial charge < -0.3 is 14.4 Å². The first-order chi connectivity index (χ1) is 9.13. The Hall–Kier alpha value is -1.55. The van der Waals surface area contributed by atoms with Crippen molar-refractivity contribution in [2.45, 2.75) is 25.9 Å². The predicted octanol–water partition coefficient (Wildman–Crippen LogP) is 1.83. The number of carbonyl (C=O) groups is 1. The summed E-state index contributed by atoms with van der Waals surface area (Å²) < 4.78 is 5.39. The molecule has 4 heteroatoms. The molecule has 102 valence electrons. The number of hydrogen-bond acceptors (Lipinski definition) is 3. The maximum Gasteiger partial charge on any atom is 0.246 e. The molecule has 1 aromatic heterocycles. The number of aliphatic hydroxyl groups excluding tert-OH is 1. The van der Waals surface area contributed by atoms with E-state index in [0.29, 0.717) is 18.2 Å². The van der Waals surface area contributed by atoms with E-state index in [1.165, 1.54) is 0 Å². The van der Waals surface area contributed by atoms with Crippen LogP contribution in [-0.2, 0) is 4.79 Å². The van der Waals surface area contributed by atoms with E-state index in [2.05, 4.69) is 0 Å². The molecule has 0 bridgehead atoms. The maximum atomic E-state index is 12.1. The maximum absolute atomic E-state index is 12.1. The van der Waals surface area contributed by atoms with E-state index in [1.807, 2.05) is 24.0 Å². The molecule has 3 atom stereocenters. The molecule has 3 rings (SSSR count). The summed E-state index contributed by atoms with van der Waals surface area (Å²) in [6.07, 6.45) is 4.97. The minimum atomic E-state index is -0.223. The Morgan fingerprint density at radius 3 is 2.95 bits per heavy atom. The van der Waals surface area contributed by atoms with Gasteiger partial charge in [0.05, 0.1) is 6.10 Å². The minimum absolute atomic E-state index is 0.00986. The number of carbonyl (C=O) groups excluding carboxylic acids is 1. The topological polar surface area (TPSA) is 53.7 Å². The second-order valence-corrected chi connectivity index (χ2v) is 5.59. The van der Waals surface area contributed by atoms with Crippen molar-refractivity contribution in [2.75, 3.05) is 13.1 Å². The third kappa shape index (κ3) is 2.45. The zero-order valence-electron chi connectivity index (χ0n) is 11.1. The zero-order chi connectivity index (χ0) is 13.4. The number of aliphatic hydroxyl groups is 1. The highest BCUT2D eigenvalue weighted by Crippen LogP contribution is 2.38. The van der Waals surface area contributed by atoms with Gasteiger partial charge in [0.25, 0.3) is 0 Å². The number of hydrogen-bond donors (Lipinski definition) is 1. The fraction of sp³-hybridized carbons (Fsp3) is 0.533. The fourth-order valence-corrected chi connectivity index (χ4v) is 3.22. The lowest BCUT2D eigenvalue weighted by molar-refractivity contribution is -0.125. The summed E-state index contributed by atoms with van der Waals surface area (Å²) in [4.78, 5) is 13.9. The summed E-state index contributed by atoms with van der Waals surface area (Å²) in [5.41, 5.74) is 0. The van der Waals surface area contributed by atoms with Crippen molar-refractivity contribution < 1.29 is 14.3 Å². The third-order valence-electron chi connectivity index (χ3n) is 4.28. The lowest BCUT2D eigenvalue weighted by Gasteiger charge is -2.16. The highest BCUT2D eigenvalue weighted by molar-refractivity contribution is 5.91. The number of likely N-dealkylation sites (tertiary alicyclic amines) is 1. The predicted molar refractivity (Wildman–Crippen MR) is 71.3 cm³/mol. The summed E-state index contributed by atoms with van der Waals surface area (Å²) in [5.74, 6) is 2.31. The van der Waals surface area contributed by atoms with Crippen LogP contribution in [0.3, 0.4) is 0 Å². The smallest absolute Gasteiger partial charge is 0.246 e. The number of aryl methyl sites for hydroxylation is 1. The van der Waals surface area contributed by atoms with E-state index < -0.39 is 0 Å². The zero-order valence-corrected chi connectivity index (χ0v) is 11.1. The van der Waals surface area contributed by atoms with Gasteiger partial charge in [0.15, 0.2) is 0 Å². The van der Waals surface area contributed by atoms with Crippen LogP contribution in [0.5, 0.6) is 0 Å². The molecule has 1 saturated heterocycles. The van der Waals surface area contributed by atoms with Crippen LogP contribution in [0.15, 0.2) is 22.6 Å². The molecule has 19 heavy (non-hydrogen) atoms. The van der Waals surface area contributed by atoms with E-state index >= 15 is 0 Å². The molecule has 1 N–H and O–H groups in total. The highest BCUT2D eigenvalue weighted by Gasteiger charge is 2.42. The van der Waals surface area contributed by atoms with Gasteiger partial charge in [0.2, 0.25) is 5.91 Å². The molecular formula is C15H19NO3. The van der Waals surface area contributed by atoms with E-state index in [0.717, 1.165) is 25.1 Å². The first kappa shape index (κ1) is 12.5. The van der Waals surface area contributed by atoms with Gasteiger partial charge in [-0.1, -0.05) is 0 Å². The lowest BCUT2D eigenvalue weighted by atomic mass is 10.00. The van der Waals surface area contributed by atoms with Gasteiger partial charge in [0.1, 0.15) is 11.5 Å². The molecule has 0 spiro atoms. The van der Waals surface area contributed by atoms with Crippen molar-refractivity contribution in [2.24, 2.45) is 11.8 Å². The van der Waals surface area contributed by atoms with Crippen molar-refractivity contribution in [3.63, 3.8) is 0 Å². The summed E-state index contributed by atoms with van der Waals surface area (Å²) >= 11 is 0. The van der Waals surface area contributed by atoms with E-state index in [4.69, 9.17) is 4.42 Å². The molecule has 0 aromatic carbocycles. The van der Waals surface area contributed by atoms with Crippen molar-refractivity contribution >= 4 is 12.0 Å². The molecule has 2 heterocycles. The SMILES string of the molecule is Cc1ccc(/C=C/C(=O)N2CC3CCC(O)C3C2)o1. The van der Waals surface area contributed by atoms with Crippen molar-refractivity contribution in [1.82, 2.24) is 4.90 Å². The van der Waals surface area contributed by atoms with Crippen LogP contribution >= 0.6 is 0 Å². The van der Waals surface area contributed by atoms with Gasteiger partial charge in [0, 0.05) is 25.1 Å². The number of fused-ring (bicyclic) bond motifs is 1. The van der Waals surface area contributed by atoms with E-state index in [9.17, 15) is 9.90 Å². The standard InChI is InChI=1S/C15H19NO3/c1-10-2-4-12(19-10)5-7-15(18)16-8-11-3-6-14(17)13(11)9-16/h2,4-5,7,11,13-14,17H,3,6,8-9H2,1H3/b7-5+. The van der Waals surface area contributed by atoms with Crippen LogP contribution in [-0.4, -0.2) is 35.1 Å². The molecule has 1 saturated carbocycles. The van der Waals surface area contributed by atoms with Gasteiger partial charge in [-0.15, -0.1) is 0 Å².